The maximum atomic E-state index is 12.9. The first-order valence-corrected chi connectivity index (χ1v) is 8.91. The van der Waals surface area contributed by atoms with E-state index in [9.17, 15) is 4.79 Å². The number of nitrogens with zero attached hydrogens (tertiary/aromatic N) is 2. The van der Waals surface area contributed by atoms with Gasteiger partial charge in [0.15, 0.2) is 0 Å². The lowest BCUT2D eigenvalue weighted by molar-refractivity contribution is 0.187. The van der Waals surface area contributed by atoms with E-state index in [4.69, 9.17) is 4.74 Å². The number of benzene rings is 1. The summed E-state index contributed by atoms with van der Waals surface area (Å²) in [7, 11) is 1.65. The van der Waals surface area contributed by atoms with E-state index in [0.29, 0.717) is 19.7 Å². The van der Waals surface area contributed by atoms with Crippen LogP contribution in [0.1, 0.15) is 16.8 Å². The van der Waals surface area contributed by atoms with Crippen LogP contribution in [0.5, 0.6) is 0 Å². The second-order valence-electron chi connectivity index (χ2n) is 6.43. The van der Waals surface area contributed by atoms with Crippen LogP contribution in [0.4, 0.5) is 0 Å². The highest BCUT2D eigenvalue weighted by Gasteiger charge is 2.09. The van der Waals surface area contributed by atoms with Gasteiger partial charge in [-0.1, -0.05) is 17.7 Å². The minimum Gasteiger partial charge on any atom is -0.383 e. The van der Waals surface area contributed by atoms with Crippen LogP contribution < -0.4 is 10.9 Å². The Labute approximate surface area is 153 Å². The van der Waals surface area contributed by atoms with Gasteiger partial charge in [-0.05, 0) is 42.6 Å². The van der Waals surface area contributed by atoms with Gasteiger partial charge in [-0.2, -0.15) is 0 Å². The second-order valence-corrected chi connectivity index (χ2v) is 6.43. The molecule has 1 aromatic carbocycles. The normalized spacial score (nSPS) is 11.2. The van der Waals surface area contributed by atoms with Crippen molar-refractivity contribution in [2.75, 3.05) is 20.3 Å². The summed E-state index contributed by atoms with van der Waals surface area (Å²) in [5.74, 6) is 0. The summed E-state index contributed by atoms with van der Waals surface area (Å²) in [4.78, 5) is 17.2. The maximum Gasteiger partial charge on any atom is 0.255 e. The summed E-state index contributed by atoms with van der Waals surface area (Å²) in [5, 5.41) is 4.45. The molecule has 0 bridgehead atoms. The van der Waals surface area contributed by atoms with Crippen molar-refractivity contribution in [3.05, 3.63) is 75.8 Å². The SMILES string of the molecule is COCCn1c(=O)c(CNCCc2ccccn2)cc2cc(C)ccc21. The fourth-order valence-corrected chi connectivity index (χ4v) is 3.08. The molecule has 26 heavy (non-hydrogen) atoms. The molecule has 0 unspecified atom stereocenters. The Kier molecular flexibility index (Phi) is 6.15. The van der Waals surface area contributed by atoms with Crippen LogP contribution in [-0.2, 0) is 24.2 Å². The fourth-order valence-electron chi connectivity index (χ4n) is 3.08. The van der Waals surface area contributed by atoms with Gasteiger partial charge in [-0.25, -0.2) is 0 Å². The molecule has 5 nitrogen and oxygen atoms in total. The van der Waals surface area contributed by atoms with Crippen molar-refractivity contribution in [2.24, 2.45) is 0 Å². The Balaban J connectivity index is 1.78. The van der Waals surface area contributed by atoms with E-state index in [2.05, 4.69) is 23.3 Å². The topological polar surface area (TPSA) is 56.1 Å². The molecule has 0 amide bonds. The quantitative estimate of drug-likeness (QED) is 0.634. The minimum atomic E-state index is 0.0451. The number of hydrogen-bond donors (Lipinski definition) is 1. The Morgan fingerprint density at radius 3 is 2.85 bits per heavy atom. The fraction of sp³-hybridized carbons (Fsp3) is 0.333. The molecule has 136 valence electrons. The molecule has 0 saturated carbocycles. The van der Waals surface area contributed by atoms with Gasteiger partial charge in [0.25, 0.3) is 5.56 Å². The summed E-state index contributed by atoms with van der Waals surface area (Å²) in [6.45, 7) is 4.45. The van der Waals surface area contributed by atoms with Gasteiger partial charge in [0, 0.05) is 50.6 Å². The van der Waals surface area contributed by atoms with Gasteiger partial charge in [0.1, 0.15) is 0 Å². The van der Waals surface area contributed by atoms with Crippen LogP contribution in [0.3, 0.4) is 0 Å². The van der Waals surface area contributed by atoms with Crippen molar-refractivity contribution in [3.8, 4) is 0 Å². The van der Waals surface area contributed by atoms with Crippen LogP contribution in [-0.4, -0.2) is 29.8 Å². The first kappa shape index (κ1) is 18.3. The third kappa shape index (κ3) is 4.36. The average Bonchev–Trinajstić information content (AvgIpc) is 2.66. The van der Waals surface area contributed by atoms with E-state index in [-0.39, 0.29) is 5.56 Å². The molecule has 3 rings (SSSR count). The zero-order valence-electron chi connectivity index (χ0n) is 15.4. The molecule has 0 saturated heterocycles. The second kappa shape index (κ2) is 8.74. The molecular formula is C21H25N3O2. The first-order chi connectivity index (χ1) is 12.7. The molecule has 0 radical (unpaired) electrons. The van der Waals surface area contributed by atoms with Gasteiger partial charge >= 0.3 is 0 Å². The van der Waals surface area contributed by atoms with E-state index in [0.717, 1.165) is 35.1 Å². The maximum absolute atomic E-state index is 12.9. The van der Waals surface area contributed by atoms with Gasteiger partial charge in [0.2, 0.25) is 0 Å². The molecule has 0 aliphatic carbocycles. The molecule has 0 spiro atoms. The van der Waals surface area contributed by atoms with Crippen molar-refractivity contribution >= 4 is 10.9 Å². The van der Waals surface area contributed by atoms with Gasteiger partial charge in [-0.15, -0.1) is 0 Å². The van der Waals surface area contributed by atoms with Crippen molar-refractivity contribution < 1.29 is 4.74 Å². The van der Waals surface area contributed by atoms with Gasteiger partial charge in [-0.3, -0.25) is 9.78 Å². The number of aryl methyl sites for hydroxylation is 1. The highest BCUT2D eigenvalue weighted by Crippen LogP contribution is 2.16. The lowest BCUT2D eigenvalue weighted by Gasteiger charge is -2.14. The van der Waals surface area contributed by atoms with Gasteiger partial charge in [0.05, 0.1) is 12.1 Å². The number of methoxy groups -OCH3 is 1. The number of pyridine rings is 2. The number of hydrogen-bond acceptors (Lipinski definition) is 4. The average molecular weight is 351 g/mol. The Morgan fingerprint density at radius 2 is 2.08 bits per heavy atom. The van der Waals surface area contributed by atoms with Crippen LogP contribution >= 0.6 is 0 Å². The highest BCUT2D eigenvalue weighted by atomic mass is 16.5. The molecule has 0 aliphatic heterocycles. The number of ether oxygens (including phenoxy) is 1. The zero-order valence-corrected chi connectivity index (χ0v) is 15.4. The van der Waals surface area contributed by atoms with E-state index < -0.39 is 0 Å². The molecule has 0 atom stereocenters. The largest absolute Gasteiger partial charge is 0.383 e. The Hall–Kier alpha value is -2.50. The molecule has 5 heteroatoms. The van der Waals surface area contributed by atoms with Crippen molar-refractivity contribution in [2.45, 2.75) is 26.4 Å². The number of nitrogens with one attached hydrogen (secondary N) is 1. The predicted molar refractivity (Wildman–Crippen MR) is 104 cm³/mol. The van der Waals surface area contributed by atoms with Crippen LogP contribution in [0.2, 0.25) is 0 Å². The van der Waals surface area contributed by atoms with Gasteiger partial charge < -0.3 is 14.6 Å². The molecule has 0 fully saturated rings. The summed E-state index contributed by atoms with van der Waals surface area (Å²) >= 11 is 0. The van der Waals surface area contributed by atoms with E-state index in [1.54, 1.807) is 13.3 Å². The van der Waals surface area contributed by atoms with Crippen molar-refractivity contribution in [1.29, 1.82) is 0 Å². The molecule has 0 aliphatic rings. The van der Waals surface area contributed by atoms with Crippen LogP contribution in [0.25, 0.3) is 10.9 Å². The van der Waals surface area contributed by atoms with Crippen LogP contribution in [0, 0.1) is 6.92 Å². The highest BCUT2D eigenvalue weighted by molar-refractivity contribution is 5.80. The number of fused-ring (bicyclic) bond motifs is 1. The summed E-state index contributed by atoms with van der Waals surface area (Å²) in [5.41, 5.74) is 4.01. The lowest BCUT2D eigenvalue weighted by Crippen LogP contribution is -2.29. The third-order valence-electron chi connectivity index (χ3n) is 4.44. The smallest absolute Gasteiger partial charge is 0.255 e. The van der Waals surface area contributed by atoms with E-state index in [1.807, 2.05) is 41.0 Å². The summed E-state index contributed by atoms with van der Waals surface area (Å²) in [6.07, 6.45) is 2.64. The zero-order chi connectivity index (χ0) is 18.4. The monoisotopic (exact) mass is 351 g/mol. The first-order valence-electron chi connectivity index (χ1n) is 8.91. The summed E-state index contributed by atoms with van der Waals surface area (Å²) in [6, 6.07) is 14.1. The van der Waals surface area contributed by atoms with Crippen LogP contribution in [0.15, 0.2) is 53.5 Å². The number of rotatable bonds is 8. The standard InChI is InChI=1S/C21H25N3O2/c1-16-6-7-20-17(13-16)14-18(21(25)24(20)11-12-26-2)15-22-10-8-19-5-3-4-9-23-19/h3-7,9,13-14,22H,8,10-12,15H2,1-2H3. The van der Waals surface area contributed by atoms with E-state index >= 15 is 0 Å². The minimum absolute atomic E-state index is 0.0451. The number of aromatic nitrogens is 2. The molecular weight excluding hydrogens is 326 g/mol. The third-order valence-corrected chi connectivity index (χ3v) is 4.44. The molecule has 1 N–H and O–H groups in total. The van der Waals surface area contributed by atoms with Crippen molar-refractivity contribution in [3.63, 3.8) is 0 Å². The lowest BCUT2D eigenvalue weighted by atomic mass is 10.1. The Bertz CT molecular complexity index is 920. The molecule has 2 heterocycles. The molecule has 2 aromatic heterocycles. The van der Waals surface area contributed by atoms with Crippen molar-refractivity contribution in [1.82, 2.24) is 14.9 Å². The molecule has 3 aromatic rings. The van der Waals surface area contributed by atoms with E-state index in [1.165, 1.54) is 5.56 Å². The summed E-state index contributed by atoms with van der Waals surface area (Å²) < 4.78 is 6.99. The predicted octanol–water partition coefficient (Wildman–Crippen LogP) is 2.68. The Morgan fingerprint density at radius 1 is 1.19 bits per heavy atom.